The van der Waals surface area contributed by atoms with Gasteiger partial charge in [0.15, 0.2) is 5.12 Å². The number of benzene rings is 1. The molecule has 4 N–H and O–H groups in total. The SMILES string of the molecule is CC(=O)SCCC(O)C(O)c1cc(C(C)C)ccc1N. The molecule has 2 atom stereocenters. The van der Waals surface area contributed by atoms with Crippen LogP contribution in [0.5, 0.6) is 0 Å². The fraction of sp³-hybridized carbons (Fsp3) is 0.533. The highest BCUT2D eigenvalue weighted by Gasteiger charge is 2.21. The fourth-order valence-electron chi connectivity index (χ4n) is 1.90. The first-order valence-electron chi connectivity index (χ1n) is 6.71. The standard InChI is InChI=1S/C15H23NO3S/c1-9(2)11-4-5-13(16)12(8-11)15(19)14(18)6-7-20-10(3)17/h4-5,8-9,14-15,18-19H,6-7,16H2,1-3H3. The van der Waals surface area contributed by atoms with Gasteiger partial charge in [0.05, 0.1) is 6.10 Å². The van der Waals surface area contributed by atoms with Gasteiger partial charge in [-0.05, 0) is 24.0 Å². The van der Waals surface area contributed by atoms with Gasteiger partial charge in [-0.3, -0.25) is 4.79 Å². The maximum absolute atomic E-state index is 10.8. The van der Waals surface area contributed by atoms with Crippen LogP contribution >= 0.6 is 11.8 Å². The van der Waals surface area contributed by atoms with E-state index in [9.17, 15) is 15.0 Å². The molecule has 5 heteroatoms. The molecule has 0 heterocycles. The first-order chi connectivity index (χ1) is 9.32. The van der Waals surface area contributed by atoms with Crippen molar-refractivity contribution in [2.45, 2.75) is 45.3 Å². The second kappa shape index (κ2) is 7.67. The van der Waals surface area contributed by atoms with Gasteiger partial charge in [0, 0.05) is 23.9 Å². The summed E-state index contributed by atoms with van der Waals surface area (Å²) in [4.78, 5) is 10.8. The van der Waals surface area contributed by atoms with Gasteiger partial charge >= 0.3 is 0 Å². The lowest BCUT2D eigenvalue weighted by Gasteiger charge is -2.21. The first kappa shape index (κ1) is 17.0. The number of carbonyl (C=O) groups is 1. The largest absolute Gasteiger partial charge is 0.398 e. The van der Waals surface area contributed by atoms with Gasteiger partial charge in [-0.15, -0.1) is 0 Å². The Kier molecular flexibility index (Phi) is 6.52. The summed E-state index contributed by atoms with van der Waals surface area (Å²) in [5, 5.41) is 20.2. The van der Waals surface area contributed by atoms with Crippen molar-refractivity contribution in [1.29, 1.82) is 0 Å². The third kappa shape index (κ3) is 4.81. The smallest absolute Gasteiger partial charge is 0.185 e. The number of hydrogen-bond donors (Lipinski definition) is 3. The second-order valence-corrected chi connectivity index (χ2v) is 6.46. The van der Waals surface area contributed by atoms with Gasteiger partial charge in [-0.1, -0.05) is 37.7 Å². The minimum Gasteiger partial charge on any atom is -0.398 e. The summed E-state index contributed by atoms with van der Waals surface area (Å²) in [6, 6.07) is 5.52. The Labute approximate surface area is 124 Å². The van der Waals surface area contributed by atoms with E-state index in [0.717, 1.165) is 17.3 Å². The van der Waals surface area contributed by atoms with Gasteiger partial charge in [0.1, 0.15) is 6.10 Å². The summed E-state index contributed by atoms with van der Waals surface area (Å²) in [6.45, 7) is 5.60. The molecule has 0 aliphatic heterocycles. The van der Waals surface area contributed by atoms with E-state index in [2.05, 4.69) is 13.8 Å². The molecule has 1 aromatic carbocycles. The number of aliphatic hydroxyl groups excluding tert-OH is 2. The maximum atomic E-state index is 10.8. The van der Waals surface area contributed by atoms with Crippen molar-refractivity contribution in [3.63, 3.8) is 0 Å². The highest BCUT2D eigenvalue weighted by molar-refractivity contribution is 8.13. The lowest BCUT2D eigenvalue weighted by molar-refractivity contribution is -0.109. The number of anilines is 1. The molecule has 0 radical (unpaired) electrons. The highest BCUT2D eigenvalue weighted by Crippen LogP contribution is 2.28. The van der Waals surface area contributed by atoms with E-state index in [1.54, 1.807) is 6.07 Å². The van der Waals surface area contributed by atoms with Crippen molar-refractivity contribution in [2.75, 3.05) is 11.5 Å². The number of rotatable bonds is 6. The second-order valence-electron chi connectivity index (χ2n) is 5.18. The summed E-state index contributed by atoms with van der Waals surface area (Å²) >= 11 is 1.14. The van der Waals surface area contributed by atoms with Crippen molar-refractivity contribution < 1.29 is 15.0 Å². The average molecular weight is 297 g/mol. The van der Waals surface area contributed by atoms with Crippen molar-refractivity contribution in [1.82, 2.24) is 0 Å². The molecule has 0 amide bonds. The third-order valence-electron chi connectivity index (χ3n) is 3.18. The predicted molar refractivity (Wildman–Crippen MR) is 83.7 cm³/mol. The van der Waals surface area contributed by atoms with Crippen LogP contribution in [0.2, 0.25) is 0 Å². The Balaban J connectivity index is 2.77. The Morgan fingerprint density at radius 1 is 1.35 bits per heavy atom. The van der Waals surface area contributed by atoms with Crippen LogP contribution in [-0.4, -0.2) is 27.2 Å². The van der Waals surface area contributed by atoms with Gasteiger partial charge in [-0.2, -0.15) is 0 Å². The van der Waals surface area contributed by atoms with E-state index in [-0.39, 0.29) is 5.12 Å². The predicted octanol–water partition coefficient (Wildman–Crippen LogP) is 2.46. The Hall–Kier alpha value is -1.04. The zero-order valence-electron chi connectivity index (χ0n) is 12.2. The van der Waals surface area contributed by atoms with Crippen LogP contribution in [0, 0.1) is 0 Å². The van der Waals surface area contributed by atoms with E-state index >= 15 is 0 Å². The number of nitrogen functional groups attached to an aromatic ring is 1. The van der Waals surface area contributed by atoms with E-state index in [0.29, 0.717) is 29.3 Å². The molecular weight excluding hydrogens is 274 g/mol. The van der Waals surface area contributed by atoms with Crippen molar-refractivity contribution >= 4 is 22.6 Å². The molecule has 0 bridgehead atoms. The highest BCUT2D eigenvalue weighted by atomic mass is 32.2. The lowest BCUT2D eigenvalue weighted by atomic mass is 9.95. The number of nitrogens with two attached hydrogens (primary N) is 1. The van der Waals surface area contributed by atoms with Crippen LogP contribution in [0.15, 0.2) is 18.2 Å². The molecule has 4 nitrogen and oxygen atoms in total. The number of thioether (sulfide) groups is 1. The molecule has 1 rings (SSSR count). The normalized spacial score (nSPS) is 14.3. The molecule has 20 heavy (non-hydrogen) atoms. The molecule has 0 saturated heterocycles. The molecule has 2 unspecified atom stereocenters. The topological polar surface area (TPSA) is 83.5 Å². The van der Waals surface area contributed by atoms with Crippen LogP contribution in [-0.2, 0) is 4.79 Å². The average Bonchev–Trinajstić information content (AvgIpc) is 2.37. The maximum Gasteiger partial charge on any atom is 0.185 e. The molecule has 0 saturated carbocycles. The molecule has 0 fully saturated rings. The van der Waals surface area contributed by atoms with Crippen molar-refractivity contribution in [2.24, 2.45) is 0 Å². The molecule has 0 aliphatic rings. The quantitative estimate of drug-likeness (QED) is 0.702. The van der Waals surface area contributed by atoms with Crippen LogP contribution < -0.4 is 5.73 Å². The molecule has 0 aliphatic carbocycles. The van der Waals surface area contributed by atoms with E-state index in [4.69, 9.17) is 5.73 Å². The summed E-state index contributed by atoms with van der Waals surface area (Å²) in [6.07, 6.45) is -1.61. The fourth-order valence-corrected chi connectivity index (χ4v) is 2.54. The summed E-state index contributed by atoms with van der Waals surface area (Å²) in [7, 11) is 0. The van der Waals surface area contributed by atoms with Crippen LogP contribution in [0.3, 0.4) is 0 Å². The van der Waals surface area contributed by atoms with E-state index in [1.165, 1.54) is 6.92 Å². The third-order valence-corrected chi connectivity index (χ3v) is 4.03. The number of aliphatic hydroxyl groups is 2. The van der Waals surface area contributed by atoms with Crippen molar-refractivity contribution in [3.8, 4) is 0 Å². The zero-order chi connectivity index (χ0) is 15.3. The van der Waals surface area contributed by atoms with Crippen LogP contribution in [0.25, 0.3) is 0 Å². The van der Waals surface area contributed by atoms with Gasteiger partial charge in [0.2, 0.25) is 0 Å². The van der Waals surface area contributed by atoms with Crippen LogP contribution in [0.1, 0.15) is 50.3 Å². The Morgan fingerprint density at radius 2 is 2.00 bits per heavy atom. The molecule has 1 aromatic rings. The summed E-state index contributed by atoms with van der Waals surface area (Å²) in [5.74, 6) is 0.809. The molecule has 112 valence electrons. The van der Waals surface area contributed by atoms with E-state index in [1.807, 2.05) is 12.1 Å². The van der Waals surface area contributed by atoms with Gasteiger partial charge < -0.3 is 15.9 Å². The zero-order valence-corrected chi connectivity index (χ0v) is 13.0. The minimum atomic E-state index is -1.03. The number of carbonyl (C=O) groups excluding carboxylic acids is 1. The Morgan fingerprint density at radius 3 is 2.55 bits per heavy atom. The summed E-state index contributed by atoms with van der Waals surface area (Å²) in [5.41, 5.74) is 7.97. The minimum absolute atomic E-state index is 0.00742. The molecule has 0 aromatic heterocycles. The Bertz CT molecular complexity index is 462. The van der Waals surface area contributed by atoms with E-state index < -0.39 is 12.2 Å². The lowest BCUT2D eigenvalue weighted by Crippen LogP contribution is -2.20. The first-order valence-corrected chi connectivity index (χ1v) is 7.70. The van der Waals surface area contributed by atoms with Crippen molar-refractivity contribution in [3.05, 3.63) is 29.3 Å². The number of hydrogen-bond acceptors (Lipinski definition) is 5. The van der Waals surface area contributed by atoms with Gasteiger partial charge in [0.25, 0.3) is 0 Å². The monoisotopic (exact) mass is 297 g/mol. The summed E-state index contributed by atoms with van der Waals surface area (Å²) < 4.78 is 0. The molecule has 0 spiro atoms. The molecular formula is C15H23NO3S. The van der Waals surface area contributed by atoms with Gasteiger partial charge in [-0.25, -0.2) is 0 Å². The van der Waals surface area contributed by atoms with Crippen LogP contribution in [0.4, 0.5) is 5.69 Å².